The molecule has 1 N–H and O–H groups in total. The van der Waals surface area contributed by atoms with Crippen molar-refractivity contribution in [3.63, 3.8) is 0 Å². The Bertz CT molecular complexity index is 534. The van der Waals surface area contributed by atoms with Gasteiger partial charge in [0.1, 0.15) is 0 Å². The summed E-state index contributed by atoms with van der Waals surface area (Å²) in [6, 6.07) is -0.303. The van der Waals surface area contributed by atoms with Gasteiger partial charge in [0.25, 0.3) is 0 Å². The van der Waals surface area contributed by atoms with Crippen molar-refractivity contribution in [3.05, 3.63) is 5.82 Å². The maximum atomic E-state index is 12.2. The minimum Gasteiger partial charge on any atom is -0.481 e. The molecule has 21 heavy (non-hydrogen) atoms. The number of carboxylic acid groups (broad SMARTS) is 1. The highest BCUT2D eigenvalue weighted by atomic mass is 32.2. The van der Waals surface area contributed by atoms with Crippen LogP contribution in [0.4, 0.5) is 4.79 Å². The zero-order valence-electron chi connectivity index (χ0n) is 13.2. The molecule has 0 saturated heterocycles. The van der Waals surface area contributed by atoms with Crippen molar-refractivity contribution in [1.29, 1.82) is 0 Å². The molecule has 0 aliphatic rings. The fraction of sp³-hybridized carbons (Fsp3) is 0.692. The number of thioether (sulfide) groups is 1. The van der Waals surface area contributed by atoms with Gasteiger partial charge in [0.05, 0.1) is 6.42 Å². The molecule has 0 spiro atoms. The monoisotopic (exact) mass is 314 g/mol. The summed E-state index contributed by atoms with van der Waals surface area (Å²) < 4.78 is 1.24. The van der Waals surface area contributed by atoms with Crippen LogP contribution in [0.15, 0.2) is 5.16 Å². The summed E-state index contributed by atoms with van der Waals surface area (Å²) in [4.78, 5) is 28.7. The van der Waals surface area contributed by atoms with Crippen LogP contribution >= 0.6 is 11.8 Å². The van der Waals surface area contributed by atoms with E-state index in [-0.39, 0.29) is 23.1 Å². The maximum absolute atomic E-state index is 12.2. The van der Waals surface area contributed by atoms with E-state index in [1.54, 1.807) is 21.0 Å². The first kappa shape index (κ1) is 17.5. The standard InChI is InChI=1S/C13H22N4O3S/c1-8(7-9(18)19)21-11-14-10(13(2,3)4)15-17(11)12(20)16(5)6/h8H,7H2,1-6H3,(H,18,19). The summed E-state index contributed by atoms with van der Waals surface area (Å²) >= 11 is 1.24. The van der Waals surface area contributed by atoms with Crippen molar-refractivity contribution in [2.24, 2.45) is 0 Å². The molecule has 1 aromatic rings. The summed E-state index contributed by atoms with van der Waals surface area (Å²) in [5.41, 5.74) is -0.289. The quantitative estimate of drug-likeness (QED) is 0.856. The molecule has 1 amide bonds. The van der Waals surface area contributed by atoms with E-state index in [9.17, 15) is 9.59 Å². The number of carbonyl (C=O) groups excluding carboxylic acids is 1. The Morgan fingerprint density at radius 3 is 2.38 bits per heavy atom. The van der Waals surface area contributed by atoms with Crippen LogP contribution in [0.1, 0.15) is 39.9 Å². The number of hydrogen-bond donors (Lipinski definition) is 1. The lowest BCUT2D eigenvalue weighted by Gasteiger charge is -2.13. The van der Waals surface area contributed by atoms with Crippen molar-refractivity contribution in [2.45, 2.75) is 49.9 Å². The minimum absolute atomic E-state index is 0.00146. The van der Waals surface area contributed by atoms with E-state index < -0.39 is 5.97 Å². The number of aromatic nitrogens is 3. The van der Waals surface area contributed by atoms with Gasteiger partial charge in [-0.1, -0.05) is 39.5 Å². The molecule has 1 atom stereocenters. The second-order valence-electron chi connectivity index (χ2n) is 6.08. The van der Waals surface area contributed by atoms with Crippen LogP contribution in [0.2, 0.25) is 0 Å². The molecule has 1 aromatic heterocycles. The van der Waals surface area contributed by atoms with Gasteiger partial charge in [0.2, 0.25) is 0 Å². The zero-order valence-corrected chi connectivity index (χ0v) is 14.1. The molecule has 1 rings (SSSR count). The number of aliphatic carboxylic acids is 1. The van der Waals surface area contributed by atoms with Gasteiger partial charge in [-0.3, -0.25) is 4.79 Å². The van der Waals surface area contributed by atoms with E-state index in [0.29, 0.717) is 11.0 Å². The highest BCUT2D eigenvalue weighted by Crippen LogP contribution is 2.27. The Kier molecular flexibility index (Phi) is 5.38. The predicted octanol–water partition coefficient (Wildman–Crippen LogP) is 2.06. The molecule has 0 aliphatic heterocycles. The summed E-state index contributed by atoms with van der Waals surface area (Å²) in [6.07, 6.45) is -0.00146. The average Bonchev–Trinajstić information content (AvgIpc) is 2.70. The molecule has 0 aromatic carbocycles. The van der Waals surface area contributed by atoms with Crippen LogP contribution in [0.5, 0.6) is 0 Å². The summed E-state index contributed by atoms with van der Waals surface area (Å²) in [7, 11) is 3.27. The molecule has 7 nitrogen and oxygen atoms in total. The van der Waals surface area contributed by atoms with Gasteiger partial charge in [0, 0.05) is 24.8 Å². The van der Waals surface area contributed by atoms with Crippen LogP contribution in [0.25, 0.3) is 0 Å². The average molecular weight is 314 g/mol. The predicted molar refractivity (Wildman–Crippen MR) is 80.8 cm³/mol. The molecule has 0 radical (unpaired) electrons. The van der Waals surface area contributed by atoms with Gasteiger partial charge in [-0.05, 0) is 0 Å². The second kappa shape index (κ2) is 6.46. The van der Waals surface area contributed by atoms with E-state index in [2.05, 4.69) is 10.1 Å². The third-order valence-corrected chi connectivity index (χ3v) is 3.62. The molecule has 0 saturated carbocycles. The Morgan fingerprint density at radius 2 is 1.95 bits per heavy atom. The molecule has 1 heterocycles. The zero-order chi connectivity index (χ0) is 16.4. The highest BCUT2D eigenvalue weighted by Gasteiger charge is 2.26. The topological polar surface area (TPSA) is 88.3 Å². The van der Waals surface area contributed by atoms with E-state index in [4.69, 9.17) is 5.11 Å². The maximum Gasteiger partial charge on any atom is 0.346 e. The Labute approximate surface area is 128 Å². The van der Waals surface area contributed by atoms with E-state index in [1.807, 2.05) is 20.8 Å². The van der Waals surface area contributed by atoms with Crippen LogP contribution in [-0.2, 0) is 10.2 Å². The van der Waals surface area contributed by atoms with E-state index >= 15 is 0 Å². The molecule has 0 bridgehead atoms. The fourth-order valence-electron chi connectivity index (χ4n) is 1.47. The minimum atomic E-state index is -0.879. The van der Waals surface area contributed by atoms with Crippen LogP contribution in [0, 0.1) is 0 Å². The number of nitrogens with zero attached hydrogens (tertiary/aromatic N) is 4. The Hall–Kier alpha value is -1.57. The van der Waals surface area contributed by atoms with Crippen molar-refractivity contribution in [1.82, 2.24) is 19.7 Å². The first-order valence-corrected chi connectivity index (χ1v) is 7.48. The summed E-state index contributed by atoms with van der Waals surface area (Å²) in [5.74, 6) is -0.321. The second-order valence-corrected chi connectivity index (χ2v) is 7.49. The lowest BCUT2D eigenvalue weighted by molar-refractivity contribution is -0.136. The number of rotatable bonds is 4. The van der Waals surface area contributed by atoms with Crippen LogP contribution in [-0.4, -0.2) is 56.1 Å². The molecule has 1 unspecified atom stereocenters. The van der Waals surface area contributed by atoms with Crippen LogP contribution in [0.3, 0.4) is 0 Å². The lowest BCUT2D eigenvalue weighted by atomic mass is 9.96. The van der Waals surface area contributed by atoms with Crippen molar-refractivity contribution >= 4 is 23.8 Å². The van der Waals surface area contributed by atoms with Gasteiger partial charge in [0.15, 0.2) is 11.0 Å². The van der Waals surface area contributed by atoms with Gasteiger partial charge in [-0.2, -0.15) is 4.68 Å². The third-order valence-electron chi connectivity index (χ3n) is 2.58. The van der Waals surface area contributed by atoms with Gasteiger partial charge < -0.3 is 10.0 Å². The molecular formula is C13H22N4O3S. The first-order valence-electron chi connectivity index (χ1n) is 6.60. The first-order chi connectivity index (χ1) is 9.52. The lowest BCUT2D eigenvalue weighted by Crippen LogP contribution is -2.29. The van der Waals surface area contributed by atoms with Gasteiger partial charge in [-0.15, -0.1) is 5.10 Å². The molecule has 0 aliphatic carbocycles. The number of carboxylic acids is 1. The Balaban J connectivity index is 3.13. The number of amides is 1. The normalized spacial score (nSPS) is 13.0. The highest BCUT2D eigenvalue weighted by molar-refractivity contribution is 7.99. The van der Waals surface area contributed by atoms with Crippen molar-refractivity contribution in [3.8, 4) is 0 Å². The van der Waals surface area contributed by atoms with Crippen molar-refractivity contribution in [2.75, 3.05) is 14.1 Å². The van der Waals surface area contributed by atoms with Crippen LogP contribution < -0.4 is 0 Å². The third kappa shape index (κ3) is 4.73. The molecular weight excluding hydrogens is 292 g/mol. The van der Waals surface area contributed by atoms with Crippen molar-refractivity contribution < 1.29 is 14.7 Å². The van der Waals surface area contributed by atoms with E-state index in [0.717, 1.165) is 0 Å². The van der Waals surface area contributed by atoms with Gasteiger partial charge >= 0.3 is 12.0 Å². The number of hydrogen-bond acceptors (Lipinski definition) is 5. The fourth-order valence-corrected chi connectivity index (χ4v) is 2.42. The largest absolute Gasteiger partial charge is 0.481 e. The SMILES string of the molecule is CC(CC(=O)O)Sc1nc(C(C)(C)C)nn1C(=O)N(C)C. The Morgan fingerprint density at radius 1 is 1.38 bits per heavy atom. The summed E-state index contributed by atoms with van der Waals surface area (Å²) in [6.45, 7) is 7.67. The number of carbonyl (C=O) groups is 2. The molecule has 0 fully saturated rings. The molecule has 118 valence electrons. The van der Waals surface area contributed by atoms with E-state index in [1.165, 1.54) is 21.3 Å². The molecule has 8 heteroatoms. The van der Waals surface area contributed by atoms with Gasteiger partial charge in [-0.25, -0.2) is 9.78 Å². The summed E-state index contributed by atoms with van der Waals surface area (Å²) in [5, 5.41) is 13.3. The smallest absolute Gasteiger partial charge is 0.346 e.